The van der Waals surface area contributed by atoms with Crippen molar-refractivity contribution < 1.29 is 41.0 Å². The monoisotopic (exact) mass is 592 g/mol. The number of rotatable bonds is 8. The van der Waals surface area contributed by atoms with E-state index in [1.807, 2.05) is 0 Å². The molecule has 39 heavy (non-hydrogen) atoms. The van der Waals surface area contributed by atoms with Crippen molar-refractivity contribution in [1.29, 1.82) is 0 Å². The zero-order chi connectivity index (χ0) is 29.1. The number of halogens is 4. The topological polar surface area (TPSA) is 151 Å². The van der Waals surface area contributed by atoms with Gasteiger partial charge in [0, 0.05) is 24.8 Å². The predicted molar refractivity (Wildman–Crippen MR) is 132 cm³/mol. The molecular formula is C23H26ClF3N5O6S-. The smallest absolute Gasteiger partial charge is 0.411 e. The van der Waals surface area contributed by atoms with Crippen LogP contribution in [0.5, 0.6) is 5.75 Å². The van der Waals surface area contributed by atoms with E-state index in [-0.39, 0.29) is 39.4 Å². The van der Waals surface area contributed by atoms with Crippen molar-refractivity contribution >= 4 is 45.0 Å². The zero-order valence-corrected chi connectivity index (χ0v) is 22.7. The summed E-state index contributed by atoms with van der Waals surface area (Å²) in [4.78, 5) is 23.5. The molecular weight excluding hydrogens is 567 g/mol. The summed E-state index contributed by atoms with van der Waals surface area (Å²) in [7, 11) is -4.49. The summed E-state index contributed by atoms with van der Waals surface area (Å²) in [6.07, 6.45) is -5.68. The molecule has 1 aliphatic carbocycles. The molecule has 2 N–H and O–H groups in total. The van der Waals surface area contributed by atoms with Gasteiger partial charge in [-0.2, -0.15) is 18.3 Å². The van der Waals surface area contributed by atoms with Gasteiger partial charge in [-0.25, -0.2) is 8.42 Å². The molecule has 4 rings (SSSR count). The molecule has 1 aromatic heterocycles. The second-order valence-electron chi connectivity index (χ2n) is 10.1. The number of amides is 2. The fourth-order valence-electron chi connectivity index (χ4n) is 4.53. The first-order valence-electron chi connectivity index (χ1n) is 11.9. The second kappa shape index (κ2) is 9.47. The number of benzene rings is 1. The van der Waals surface area contributed by atoms with Crippen LogP contribution in [0.25, 0.3) is 0 Å². The summed E-state index contributed by atoms with van der Waals surface area (Å²) in [6, 6.07) is 3.19. The van der Waals surface area contributed by atoms with Crippen LogP contribution in [-0.4, -0.2) is 54.6 Å². The number of fused-ring (bicyclic) bond motifs is 1. The largest absolute Gasteiger partial charge is 0.530 e. The molecule has 0 saturated heterocycles. The maximum Gasteiger partial charge on any atom is 0.411 e. The maximum atomic E-state index is 13.9. The number of carbonyl (C=O) groups excluding carboxylic acids is 2. The molecule has 214 valence electrons. The Morgan fingerprint density at radius 2 is 1.95 bits per heavy atom. The SMILES string of the molecule is CCn1cc(S(=O)(=O)N2C[C@@H](CC3(C(N)=O)CC3)Oc3ccc(N(C(=O)[O-])C(C)(C)C(F)(F)F)cc32)c(Cl)n1. The van der Waals surface area contributed by atoms with Crippen molar-refractivity contribution in [3.05, 3.63) is 29.5 Å². The van der Waals surface area contributed by atoms with Crippen LogP contribution >= 0.6 is 11.6 Å². The Morgan fingerprint density at radius 1 is 1.31 bits per heavy atom. The lowest BCUT2D eigenvalue weighted by atomic mass is 9.96. The summed E-state index contributed by atoms with van der Waals surface area (Å²) >= 11 is 6.13. The molecule has 16 heteroatoms. The van der Waals surface area contributed by atoms with E-state index in [1.54, 1.807) is 6.92 Å². The van der Waals surface area contributed by atoms with Crippen molar-refractivity contribution in [3.63, 3.8) is 0 Å². The average molecular weight is 593 g/mol. The maximum absolute atomic E-state index is 13.9. The van der Waals surface area contributed by atoms with E-state index in [9.17, 15) is 36.3 Å². The Bertz CT molecular complexity index is 1420. The van der Waals surface area contributed by atoms with E-state index in [0.29, 0.717) is 33.2 Å². The van der Waals surface area contributed by atoms with Crippen molar-refractivity contribution in [2.45, 2.75) is 69.3 Å². The minimum Gasteiger partial charge on any atom is -0.530 e. The van der Waals surface area contributed by atoms with Crippen LogP contribution in [0.1, 0.15) is 40.0 Å². The van der Waals surface area contributed by atoms with Crippen LogP contribution < -0.4 is 24.8 Å². The highest BCUT2D eigenvalue weighted by Gasteiger charge is 2.53. The molecule has 0 radical (unpaired) electrons. The van der Waals surface area contributed by atoms with Gasteiger partial charge in [-0.05, 0) is 51.8 Å². The molecule has 2 heterocycles. The Labute approximate surface area is 227 Å². The van der Waals surface area contributed by atoms with E-state index in [0.717, 1.165) is 16.4 Å². The van der Waals surface area contributed by atoms with Crippen LogP contribution in [0.4, 0.5) is 29.3 Å². The molecule has 11 nitrogen and oxygen atoms in total. The Hall–Kier alpha value is -3.20. The molecule has 1 aromatic carbocycles. The number of ether oxygens (including phenoxy) is 1. The summed E-state index contributed by atoms with van der Waals surface area (Å²) in [5, 5.41) is 15.5. The zero-order valence-electron chi connectivity index (χ0n) is 21.2. The number of nitrogens with two attached hydrogens (primary N) is 1. The molecule has 0 unspecified atom stereocenters. The first kappa shape index (κ1) is 28.8. The van der Waals surface area contributed by atoms with Gasteiger partial charge >= 0.3 is 6.18 Å². The first-order chi connectivity index (χ1) is 17.9. The normalized spacial score (nSPS) is 18.7. The lowest BCUT2D eigenvalue weighted by Crippen LogP contribution is -2.60. The fraction of sp³-hybridized carbons (Fsp3) is 0.522. The number of primary amides is 1. The van der Waals surface area contributed by atoms with E-state index < -0.39 is 50.9 Å². The number of carboxylic acid groups (broad SMARTS) is 1. The first-order valence-corrected chi connectivity index (χ1v) is 13.7. The molecule has 1 saturated carbocycles. The molecule has 0 bridgehead atoms. The molecule has 2 aromatic rings. The third kappa shape index (κ3) is 4.97. The Morgan fingerprint density at radius 3 is 2.44 bits per heavy atom. The summed E-state index contributed by atoms with van der Waals surface area (Å²) in [5.41, 5.74) is 1.04. The standard InChI is InChI=1S/C23H27ClF3N5O6S/c1-4-30-12-17(18(24)29-30)39(36,37)31-11-14(10-22(7-8-22)19(28)33)38-16-6-5-13(9-15(16)31)32(20(34)35)21(2,3)23(25,26)27/h5-6,9,12,14H,4,7-8,10-11H2,1-3H3,(H2,28,33)(H,34,35)/p-1/t14-/m1/s1. The highest BCUT2D eigenvalue weighted by atomic mass is 35.5. The molecule has 1 fully saturated rings. The highest BCUT2D eigenvalue weighted by Crippen LogP contribution is 2.51. The number of nitrogens with zero attached hydrogens (tertiary/aromatic N) is 4. The number of hydrogen-bond acceptors (Lipinski definition) is 7. The van der Waals surface area contributed by atoms with Crippen molar-refractivity contribution in [3.8, 4) is 5.75 Å². The van der Waals surface area contributed by atoms with Gasteiger partial charge in [-0.15, -0.1) is 0 Å². The number of carbonyl (C=O) groups is 2. The van der Waals surface area contributed by atoms with Crippen LogP contribution in [0.15, 0.2) is 29.3 Å². The lowest BCUT2D eigenvalue weighted by molar-refractivity contribution is -0.254. The number of aromatic nitrogens is 2. The third-order valence-corrected chi connectivity index (χ3v) is 9.31. The van der Waals surface area contributed by atoms with Gasteiger partial charge in [0.05, 0.1) is 17.6 Å². The van der Waals surface area contributed by atoms with Gasteiger partial charge in [0.25, 0.3) is 10.0 Å². The molecule has 2 amide bonds. The fourth-order valence-corrected chi connectivity index (χ4v) is 6.48. The van der Waals surface area contributed by atoms with E-state index >= 15 is 0 Å². The summed E-state index contributed by atoms with van der Waals surface area (Å²) < 4.78 is 77.2. The van der Waals surface area contributed by atoms with Gasteiger partial charge in [0.1, 0.15) is 28.4 Å². The van der Waals surface area contributed by atoms with Crippen molar-refractivity contribution in [2.75, 3.05) is 15.7 Å². The second-order valence-corrected chi connectivity index (χ2v) is 12.3. The van der Waals surface area contributed by atoms with Gasteiger partial charge in [-0.1, -0.05) is 11.6 Å². The minimum atomic E-state index is -4.99. The van der Waals surface area contributed by atoms with Crippen LogP contribution in [-0.2, 0) is 21.4 Å². The number of alkyl halides is 3. The van der Waals surface area contributed by atoms with E-state index in [2.05, 4.69) is 5.10 Å². The van der Waals surface area contributed by atoms with Gasteiger partial charge in [0.15, 0.2) is 5.15 Å². The van der Waals surface area contributed by atoms with Crippen molar-refractivity contribution in [2.24, 2.45) is 11.1 Å². The molecule has 2 aliphatic rings. The minimum absolute atomic E-state index is 0.00145. The summed E-state index contributed by atoms with van der Waals surface area (Å²) in [6.45, 7) is 2.97. The molecule has 0 spiro atoms. The quantitative estimate of drug-likeness (QED) is 0.495. The van der Waals surface area contributed by atoms with Crippen molar-refractivity contribution in [1.82, 2.24) is 9.78 Å². The highest BCUT2D eigenvalue weighted by molar-refractivity contribution is 7.93. The van der Waals surface area contributed by atoms with Crippen LogP contribution in [0.2, 0.25) is 5.15 Å². The molecule has 1 atom stereocenters. The third-order valence-electron chi connectivity index (χ3n) is 7.14. The van der Waals surface area contributed by atoms with E-state index in [4.69, 9.17) is 22.1 Å². The van der Waals surface area contributed by atoms with Crippen LogP contribution in [0, 0.1) is 5.41 Å². The van der Waals surface area contributed by atoms with E-state index in [1.165, 1.54) is 16.9 Å². The predicted octanol–water partition coefficient (Wildman–Crippen LogP) is 2.66. The summed E-state index contributed by atoms with van der Waals surface area (Å²) in [5.74, 6) is -0.603. The number of aryl methyl sites for hydroxylation is 1. The number of sulfonamides is 1. The van der Waals surface area contributed by atoms with Crippen LogP contribution in [0.3, 0.4) is 0 Å². The van der Waals surface area contributed by atoms with Gasteiger partial charge in [0.2, 0.25) is 5.91 Å². The average Bonchev–Trinajstić information content (AvgIpc) is 3.50. The van der Waals surface area contributed by atoms with Gasteiger partial charge in [-0.3, -0.25) is 13.8 Å². The van der Waals surface area contributed by atoms with Gasteiger partial charge < -0.3 is 25.3 Å². The lowest BCUT2D eigenvalue weighted by Gasteiger charge is -2.42. The Balaban J connectivity index is 1.85. The Kier molecular flexibility index (Phi) is 6.99. The number of anilines is 2. The molecule has 1 aliphatic heterocycles. The number of hydrogen-bond donors (Lipinski definition) is 1.